The van der Waals surface area contributed by atoms with Gasteiger partial charge >= 0.3 is 6.30 Å². The van der Waals surface area contributed by atoms with E-state index in [9.17, 15) is 21.6 Å². The molecule has 0 heterocycles. The molecule has 0 atom stereocenters. The van der Waals surface area contributed by atoms with Crippen LogP contribution >= 0.6 is 0 Å². The first-order valence-corrected chi connectivity index (χ1v) is 8.40. The van der Waals surface area contributed by atoms with Crippen molar-refractivity contribution < 1.29 is 21.6 Å². The lowest BCUT2D eigenvalue weighted by Crippen LogP contribution is -2.42. The van der Waals surface area contributed by atoms with Gasteiger partial charge in [-0.3, -0.25) is 0 Å². The lowest BCUT2D eigenvalue weighted by atomic mass is 10.1. The molecule has 0 spiro atoms. The van der Waals surface area contributed by atoms with Crippen molar-refractivity contribution in [2.45, 2.75) is 11.2 Å². The van der Waals surface area contributed by atoms with E-state index < -0.39 is 31.2 Å². The first-order valence-electron chi connectivity index (χ1n) is 6.96. The van der Waals surface area contributed by atoms with Gasteiger partial charge in [0.05, 0.1) is 10.6 Å². The predicted molar refractivity (Wildman–Crippen MR) is 86.1 cm³/mol. The smallest absolute Gasteiger partial charge is 0.201 e. The molecule has 124 valence electrons. The van der Waals surface area contributed by atoms with Crippen molar-refractivity contribution in [3.63, 3.8) is 0 Å². The van der Waals surface area contributed by atoms with Crippen molar-refractivity contribution in [1.82, 2.24) is 0 Å². The van der Waals surface area contributed by atoms with Crippen LogP contribution in [0.1, 0.15) is 0 Å². The first kappa shape index (κ1) is 16.3. The molecule has 0 saturated heterocycles. The average Bonchev–Trinajstić information content (AvgIpc) is 2.54. The third-order valence-electron chi connectivity index (χ3n) is 3.48. The second kappa shape index (κ2) is 5.83. The number of sulfonamides is 1. The highest BCUT2D eigenvalue weighted by Crippen LogP contribution is 2.35. The fourth-order valence-electron chi connectivity index (χ4n) is 2.42. The Balaban J connectivity index is 2.18. The van der Waals surface area contributed by atoms with Crippen LogP contribution < -0.4 is 4.31 Å². The number of fused-ring (bicyclic) bond motifs is 1. The molecule has 0 unspecified atom stereocenters. The molecular formula is C17H12F3NO2S. The minimum atomic E-state index is -5.08. The van der Waals surface area contributed by atoms with Crippen LogP contribution in [0.5, 0.6) is 0 Å². The highest BCUT2D eigenvalue weighted by atomic mass is 32.2. The maximum atomic E-state index is 13.4. The maximum Gasteiger partial charge on any atom is 0.498 e. The molecule has 3 rings (SSSR count). The van der Waals surface area contributed by atoms with Gasteiger partial charge < -0.3 is 0 Å². The van der Waals surface area contributed by atoms with Crippen LogP contribution in [0.15, 0.2) is 77.7 Å². The molecule has 3 aromatic rings. The van der Waals surface area contributed by atoms with Crippen LogP contribution in [0.25, 0.3) is 10.8 Å². The Hall–Kier alpha value is -2.54. The molecule has 0 aliphatic carbocycles. The van der Waals surface area contributed by atoms with Gasteiger partial charge in [-0.2, -0.15) is 4.31 Å². The fraction of sp³-hybridized carbons (Fsp3) is 0.0588. The number of nitrogens with zero attached hydrogens (tertiary/aromatic N) is 1. The number of halogens is 3. The van der Waals surface area contributed by atoms with Gasteiger partial charge in [0.25, 0.3) is 10.0 Å². The zero-order valence-corrected chi connectivity index (χ0v) is 13.1. The summed E-state index contributed by atoms with van der Waals surface area (Å²) in [5.74, 6) is 0. The van der Waals surface area contributed by atoms with Gasteiger partial charge in [0.2, 0.25) is 0 Å². The van der Waals surface area contributed by atoms with E-state index >= 15 is 0 Å². The predicted octanol–water partition coefficient (Wildman–Crippen LogP) is 4.55. The Morgan fingerprint density at radius 1 is 0.750 bits per heavy atom. The molecule has 0 amide bonds. The molecule has 0 fully saturated rings. The molecule has 24 heavy (non-hydrogen) atoms. The maximum absolute atomic E-state index is 13.4. The van der Waals surface area contributed by atoms with Crippen LogP contribution in [-0.2, 0) is 10.0 Å². The third kappa shape index (κ3) is 2.94. The van der Waals surface area contributed by atoms with E-state index in [4.69, 9.17) is 0 Å². The minimum absolute atomic E-state index is 0.414. The van der Waals surface area contributed by atoms with Gasteiger partial charge in [0.1, 0.15) is 0 Å². The molecule has 0 radical (unpaired) electrons. The van der Waals surface area contributed by atoms with E-state index in [0.717, 1.165) is 17.5 Å². The van der Waals surface area contributed by atoms with Crippen molar-refractivity contribution in [3.05, 3.63) is 72.8 Å². The molecule has 3 nitrogen and oxygen atoms in total. The Morgan fingerprint density at radius 2 is 1.33 bits per heavy atom. The largest absolute Gasteiger partial charge is 0.498 e. The van der Waals surface area contributed by atoms with Crippen LogP contribution in [-0.4, -0.2) is 14.7 Å². The SMILES string of the molecule is O=S(=O)(c1ccc2ccccc2c1)N(c1ccccc1)C(F)(F)F. The van der Waals surface area contributed by atoms with Crippen molar-refractivity contribution in [3.8, 4) is 0 Å². The second-order valence-electron chi connectivity index (χ2n) is 5.08. The Bertz CT molecular complexity index is 970. The summed E-state index contributed by atoms with van der Waals surface area (Å²) in [6, 6.07) is 17.2. The van der Waals surface area contributed by atoms with E-state index in [2.05, 4.69) is 0 Å². The fourth-order valence-corrected chi connectivity index (χ4v) is 3.82. The summed E-state index contributed by atoms with van der Waals surface area (Å²) in [5, 5.41) is 1.29. The van der Waals surface area contributed by atoms with Crippen LogP contribution in [0, 0.1) is 0 Å². The van der Waals surface area contributed by atoms with E-state index in [1.807, 2.05) is 0 Å². The highest BCUT2D eigenvalue weighted by molar-refractivity contribution is 7.92. The number of anilines is 1. The lowest BCUT2D eigenvalue weighted by molar-refractivity contribution is -0.115. The molecule has 0 aromatic heterocycles. The summed E-state index contributed by atoms with van der Waals surface area (Å²) in [7, 11) is -4.79. The highest BCUT2D eigenvalue weighted by Gasteiger charge is 2.46. The Labute approximate surface area is 137 Å². The van der Waals surface area contributed by atoms with Gasteiger partial charge in [-0.1, -0.05) is 48.5 Å². The monoisotopic (exact) mass is 351 g/mol. The number of hydrogen-bond acceptors (Lipinski definition) is 2. The Kier molecular flexibility index (Phi) is 3.96. The van der Waals surface area contributed by atoms with Crippen LogP contribution in [0.2, 0.25) is 0 Å². The van der Waals surface area contributed by atoms with Gasteiger partial charge in [-0.15, -0.1) is 13.2 Å². The van der Waals surface area contributed by atoms with Gasteiger partial charge in [-0.05, 0) is 35.0 Å². The molecular weight excluding hydrogens is 339 g/mol. The van der Waals surface area contributed by atoms with Gasteiger partial charge in [-0.25, -0.2) is 8.42 Å². The quantitative estimate of drug-likeness (QED) is 0.649. The number of para-hydroxylation sites is 1. The molecule has 0 N–H and O–H groups in total. The van der Waals surface area contributed by atoms with E-state index in [-0.39, 0.29) is 0 Å². The molecule has 3 aromatic carbocycles. The Morgan fingerprint density at radius 3 is 1.96 bits per heavy atom. The minimum Gasteiger partial charge on any atom is -0.201 e. The molecule has 0 saturated carbocycles. The number of alkyl halides is 3. The zero-order chi connectivity index (χ0) is 17.4. The summed E-state index contributed by atoms with van der Waals surface area (Å²) in [5.41, 5.74) is -0.460. The zero-order valence-electron chi connectivity index (χ0n) is 12.2. The average molecular weight is 351 g/mol. The number of rotatable bonds is 3. The first-order chi connectivity index (χ1) is 11.3. The molecule has 7 heteroatoms. The van der Waals surface area contributed by atoms with Crippen molar-refractivity contribution in [2.24, 2.45) is 0 Å². The summed E-state index contributed by atoms with van der Waals surface area (Å²) < 4.78 is 65.1. The number of hydrogen-bond donors (Lipinski definition) is 0. The standard InChI is InChI=1S/C17H12F3NO2S/c18-17(19,20)21(15-8-2-1-3-9-15)24(22,23)16-11-10-13-6-4-5-7-14(13)12-16/h1-12H. The number of benzene rings is 3. The third-order valence-corrected chi connectivity index (χ3v) is 5.23. The van der Waals surface area contributed by atoms with Gasteiger partial charge in [0, 0.05) is 0 Å². The van der Waals surface area contributed by atoms with Crippen LogP contribution in [0.3, 0.4) is 0 Å². The molecule has 0 aliphatic rings. The molecule has 0 bridgehead atoms. The molecule has 0 aliphatic heterocycles. The van der Waals surface area contributed by atoms with E-state index in [1.54, 1.807) is 24.3 Å². The van der Waals surface area contributed by atoms with Crippen LogP contribution in [0.4, 0.5) is 18.9 Å². The summed E-state index contributed by atoms with van der Waals surface area (Å²) in [4.78, 5) is -0.414. The van der Waals surface area contributed by atoms with Crippen molar-refractivity contribution >= 4 is 26.5 Å². The second-order valence-corrected chi connectivity index (χ2v) is 6.87. The lowest BCUT2D eigenvalue weighted by Gasteiger charge is -2.26. The summed E-state index contributed by atoms with van der Waals surface area (Å²) >= 11 is 0. The van der Waals surface area contributed by atoms with E-state index in [1.165, 1.54) is 36.4 Å². The topological polar surface area (TPSA) is 37.4 Å². The summed E-state index contributed by atoms with van der Waals surface area (Å²) in [6.07, 6.45) is -5.08. The summed E-state index contributed by atoms with van der Waals surface area (Å²) in [6.45, 7) is 0. The van der Waals surface area contributed by atoms with Crippen molar-refractivity contribution in [2.75, 3.05) is 4.31 Å². The van der Waals surface area contributed by atoms with Crippen molar-refractivity contribution in [1.29, 1.82) is 0 Å². The van der Waals surface area contributed by atoms with Gasteiger partial charge in [0.15, 0.2) is 0 Å². The van der Waals surface area contributed by atoms with E-state index in [0.29, 0.717) is 5.39 Å². The normalized spacial score (nSPS) is 12.3.